The summed E-state index contributed by atoms with van der Waals surface area (Å²) in [5.41, 5.74) is 0. The van der Waals surface area contributed by atoms with Crippen molar-refractivity contribution in [3.63, 3.8) is 0 Å². The second-order valence-corrected chi connectivity index (χ2v) is 6.77. The highest BCUT2D eigenvalue weighted by molar-refractivity contribution is 7.91. The molecule has 2 rings (SSSR count). The number of hydrogen-bond acceptors (Lipinski definition) is 5. The Hall–Kier alpha value is -0.200. The molecule has 17 heavy (non-hydrogen) atoms. The van der Waals surface area contributed by atoms with E-state index < -0.39 is 25.5 Å². The summed E-state index contributed by atoms with van der Waals surface area (Å²) >= 11 is -1.16. The lowest BCUT2D eigenvalue weighted by Crippen LogP contribution is -2.22. The Balaban J connectivity index is 1.91. The second kappa shape index (κ2) is 5.63. The maximum atomic E-state index is 12.0. The summed E-state index contributed by atoms with van der Waals surface area (Å²) in [7, 11) is -1.82. The molecule has 0 aromatic heterocycles. The molecule has 1 saturated heterocycles. The van der Waals surface area contributed by atoms with Crippen molar-refractivity contribution >= 4 is 19.3 Å². The third kappa shape index (κ3) is 3.39. The Bertz CT molecular complexity index is 365. The molecule has 0 bridgehead atoms. The fraction of sp³-hybridized carbons (Fsp3) is 0.400. The van der Waals surface area contributed by atoms with E-state index in [-0.39, 0.29) is 12.4 Å². The summed E-state index contributed by atoms with van der Waals surface area (Å²) in [4.78, 5) is 10.3. The minimum Gasteiger partial charge on any atom is -0.611 e. The predicted octanol–water partition coefficient (Wildman–Crippen LogP) is 1.53. The highest BCUT2D eigenvalue weighted by atomic mass is 32.2. The Morgan fingerprint density at radius 2 is 2.24 bits per heavy atom. The molecule has 3 unspecified atom stereocenters. The van der Waals surface area contributed by atoms with Crippen LogP contribution < -0.4 is 0 Å². The van der Waals surface area contributed by atoms with Crippen molar-refractivity contribution in [2.75, 3.05) is 19.5 Å². The van der Waals surface area contributed by atoms with E-state index in [2.05, 4.69) is 0 Å². The van der Waals surface area contributed by atoms with Crippen LogP contribution in [-0.4, -0.2) is 35.0 Å². The molecule has 0 saturated carbocycles. The summed E-state index contributed by atoms with van der Waals surface area (Å²) in [6.45, 7) is 0.205. The van der Waals surface area contributed by atoms with Gasteiger partial charge in [0.2, 0.25) is 0 Å². The molecular weight excluding hydrogens is 263 g/mol. The van der Waals surface area contributed by atoms with Gasteiger partial charge in [-0.2, -0.15) is 0 Å². The smallest absolute Gasteiger partial charge is 0.378 e. The highest BCUT2D eigenvalue weighted by Crippen LogP contribution is 2.62. The van der Waals surface area contributed by atoms with E-state index in [1.807, 2.05) is 18.2 Å². The molecular formula is C10H14O5PS. The van der Waals surface area contributed by atoms with Crippen LogP contribution in [0.15, 0.2) is 35.2 Å². The zero-order valence-electron chi connectivity index (χ0n) is 9.31. The first-order valence-electron chi connectivity index (χ1n) is 5.07. The molecule has 1 aliphatic rings. The van der Waals surface area contributed by atoms with Crippen molar-refractivity contribution in [2.45, 2.75) is 11.0 Å². The monoisotopic (exact) mass is 277 g/mol. The van der Waals surface area contributed by atoms with E-state index in [1.54, 1.807) is 12.1 Å². The predicted molar refractivity (Wildman–Crippen MR) is 64.7 cm³/mol. The van der Waals surface area contributed by atoms with E-state index >= 15 is 0 Å². The summed E-state index contributed by atoms with van der Waals surface area (Å²) < 4.78 is 27.0. The minimum atomic E-state index is -3.14. The van der Waals surface area contributed by atoms with Gasteiger partial charge in [0.1, 0.15) is 11.9 Å². The fourth-order valence-electron chi connectivity index (χ4n) is 1.44. The summed E-state index contributed by atoms with van der Waals surface area (Å²) in [6.07, 6.45) is -0.394. The van der Waals surface area contributed by atoms with Crippen molar-refractivity contribution < 1.29 is 23.0 Å². The molecule has 0 aliphatic carbocycles. The van der Waals surface area contributed by atoms with Gasteiger partial charge < -0.3 is 14.0 Å². The fourth-order valence-corrected chi connectivity index (χ4v) is 3.81. The van der Waals surface area contributed by atoms with E-state index in [1.165, 1.54) is 7.11 Å². The molecule has 1 aromatic carbocycles. The highest BCUT2D eigenvalue weighted by Gasteiger charge is 2.42. The van der Waals surface area contributed by atoms with Gasteiger partial charge in [-0.3, -0.25) is 9.05 Å². The van der Waals surface area contributed by atoms with Gasteiger partial charge >= 0.3 is 8.17 Å². The van der Waals surface area contributed by atoms with Crippen molar-refractivity contribution in [2.24, 2.45) is 0 Å². The van der Waals surface area contributed by atoms with Gasteiger partial charge in [-0.25, -0.2) is 0 Å². The number of benzene rings is 1. The van der Waals surface area contributed by atoms with Gasteiger partial charge in [0.15, 0.2) is 4.90 Å². The Morgan fingerprint density at radius 1 is 1.53 bits per heavy atom. The van der Waals surface area contributed by atoms with Crippen LogP contribution in [0.1, 0.15) is 0 Å². The van der Waals surface area contributed by atoms with E-state index in [4.69, 9.17) is 13.6 Å². The maximum Gasteiger partial charge on any atom is 0.378 e. The molecule has 1 fully saturated rings. The standard InChI is InChI=1S/C10H14O5PS/c1-13-16(11)14-7-9(15-16)8-17(12)10-5-3-2-4-6-10/h2-6,9,11H,7-8H2,1H3. The van der Waals surface area contributed by atoms with Crippen LogP contribution in [-0.2, 0) is 24.7 Å². The molecule has 3 atom stereocenters. The first-order valence-corrected chi connectivity index (χ1v) is 7.88. The average molecular weight is 277 g/mol. The van der Waals surface area contributed by atoms with E-state index in [0.29, 0.717) is 0 Å². The quantitative estimate of drug-likeness (QED) is 0.667. The lowest BCUT2D eigenvalue weighted by Gasteiger charge is -2.19. The molecule has 1 aromatic rings. The van der Waals surface area contributed by atoms with E-state index in [0.717, 1.165) is 4.90 Å². The SMILES string of the molecule is CO[P]1(O)OCC(C[S+]([O-])c2ccccc2)O1. The van der Waals surface area contributed by atoms with Crippen LogP contribution in [0.25, 0.3) is 0 Å². The van der Waals surface area contributed by atoms with Gasteiger partial charge in [-0.15, -0.1) is 0 Å². The van der Waals surface area contributed by atoms with Gasteiger partial charge in [-0.1, -0.05) is 18.2 Å². The van der Waals surface area contributed by atoms with Crippen molar-refractivity contribution in [1.29, 1.82) is 0 Å². The lowest BCUT2D eigenvalue weighted by atomic mass is 10.4. The van der Waals surface area contributed by atoms with Crippen LogP contribution in [0.2, 0.25) is 0 Å². The lowest BCUT2D eigenvalue weighted by molar-refractivity contribution is 0.172. The molecule has 1 heterocycles. The zero-order valence-corrected chi connectivity index (χ0v) is 11.0. The molecule has 1 N–H and O–H groups in total. The summed E-state index contributed by atoms with van der Waals surface area (Å²) in [6, 6.07) is 9.12. The number of rotatable bonds is 4. The molecule has 0 spiro atoms. The largest absolute Gasteiger partial charge is 0.611 e. The van der Waals surface area contributed by atoms with Crippen LogP contribution >= 0.6 is 8.17 Å². The molecule has 0 amide bonds. The molecule has 1 radical (unpaired) electrons. The van der Waals surface area contributed by atoms with Gasteiger partial charge in [0, 0.05) is 7.11 Å². The van der Waals surface area contributed by atoms with Crippen molar-refractivity contribution in [3.05, 3.63) is 30.3 Å². The Kier molecular flexibility index (Phi) is 4.38. The zero-order chi connectivity index (χ0) is 12.3. The summed E-state index contributed by atoms with van der Waals surface area (Å²) in [5.74, 6) is 0.287. The minimum absolute atomic E-state index is 0.205. The van der Waals surface area contributed by atoms with Crippen molar-refractivity contribution in [1.82, 2.24) is 0 Å². The Labute approximate surface area is 104 Å². The second-order valence-electron chi connectivity index (χ2n) is 3.50. The van der Waals surface area contributed by atoms with Crippen LogP contribution in [0.4, 0.5) is 0 Å². The van der Waals surface area contributed by atoms with Crippen molar-refractivity contribution in [3.8, 4) is 0 Å². The molecule has 95 valence electrons. The first-order chi connectivity index (χ1) is 8.13. The van der Waals surface area contributed by atoms with Crippen LogP contribution in [0.3, 0.4) is 0 Å². The maximum absolute atomic E-state index is 12.0. The van der Waals surface area contributed by atoms with Gasteiger partial charge in [-0.05, 0) is 23.3 Å². The summed E-state index contributed by atoms with van der Waals surface area (Å²) in [5, 5.41) is 0. The van der Waals surface area contributed by atoms with E-state index in [9.17, 15) is 9.45 Å². The topological polar surface area (TPSA) is 71.0 Å². The third-order valence-electron chi connectivity index (χ3n) is 2.28. The third-order valence-corrected chi connectivity index (χ3v) is 5.25. The first kappa shape index (κ1) is 13.2. The van der Waals surface area contributed by atoms with Crippen LogP contribution in [0.5, 0.6) is 0 Å². The van der Waals surface area contributed by atoms with Crippen LogP contribution in [0, 0.1) is 0 Å². The molecule has 7 heteroatoms. The molecule has 5 nitrogen and oxygen atoms in total. The molecule has 1 aliphatic heterocycles. The van der Waals surface area contributed by atoms with Gasteiger partial charge in [0.05, 0.1) is 6.61 Å². The van der Waals surface area contributed by atoms with Gasteiger partial charge in [0.25, 0.3) is 0 Å². The average Bonchev–Trinajstić information content (AvgIpc) is 2.73. The normalized spacial score (nSPS) is 30.4. The Morgan fingerprint density at radius 3 is 2.82 bits per heavy atom. The number of hydrogen-bond donors (Lipinski definition) is 1.